The van der Waals surface area contributed by atoms with Crippen LogP contribution in [0.2, 0.25) is 5.02 Å². The van der Waals surface area contributed by atoms with E-state index in [9.17, 15) is 9.59 Å². The lowest BCUT2D eigenvalue weighted by molar-refractivity contribution is 0.0945. The van der Waals surface area contributed by atoms with E-state index in [0.29, 0.717) is 40.5 Å². The molecule has 0 aliphatic rings. The Labute approximate surface area is 214 Å². The number of nitrogens with two attached hydrogens (primary N) is 1. The number of hydrogen-bond acceptors (Lipinski definition) is 6. The molecule has 0 radical (unpaired) electrons. The summed E-state index contributed by atoms with van der Waals surface area (Å²) in [5.74, 6) is 0.0909. The highest BCUT2D eigenvalue weighted by Gasteiger charge is 2.20. The SMILES string of the molecule is CN/C=C\c1c(C=O)c(C(=O)NCc2c(C)cc(N)nc2C)cn1Cc1ccc2ncc(Cl)cc2c1. The number of nitrogen functional groups attached to an aromatic ring is 1. The van der Waals surface area contributed by atoms with Gasteiger partial charge < -0.3 is 20.9 Å². The van der Waals surface area contributed by atoms with Gasteiger partial charge in [0.25, 0.3) is 5.91 Å². The fourth-order valence-corrected chi connectivity index (χ4v) is 4.41. The first-order valence-corrected chi connectivity index (χ1v) is 11.8. The predicted molar refractivity (Wildman–Crippen MR) is 143 cm³/mol. The maximum Gasteiger partial charge on any atom is 0.253 e. The number of halogens is 1. The van der Waals surface area contributed by atoms with Gasteiger partial charge in [-0.1, -0.05) is 17.7 Å². The number of anilines is 1. The van der Waals surface area contributed by atoms with Crippen molar-refractivity contribution in [3.63, 3.8) is 0 Å². The molecule has 4 rings (SSSR count). The van der Waals surface area contributed by atoms with Crippen LogP contribution in [0, 0.1) is 13.8 Å². The van der Waals surface area contributed by atoms with Gasteiger partial charge in [-0.05, 0) is 67.1 Å². The van der Waals surface area contributed by atoms with Gasteiger partial charge in [0.15, 0.2) is 6.29 Å². The Morgan fingerprint density at radius 3 is 2.75 bits per heavy atom. The largest absolute Gasteiger partial charge is 0.394 e. The quantitative estimate of drug-likeness (QED) is 0.310. The van der Waals surface area contributed by atoms with Gasteiger partial charge in [-0.3, -0.25) is 14.6 Å². The highest BCUT2D eigenvalue weighted by molar-refractivity contribution is 6.31. The lowest BCUT2D eigenvalue weighted by Crippen LogP contribution is -2.24. The molecule has 8 nitrogen and oxygen atoms in total. The number of aldehydes is 1. The minimum Gasteiger partial charge on any atom is -0.394 e. The summed E-state index contributed by atoms with van der Waals surface area (Å²) >= 11 is 6.12. The van der Waals surface area contributed by atoms with Crippen molar-refractivity contribution in [3.8, 4) is 0 Å². The summed E-state index contributed by atoms with van der Waals surface area (Å²) in [5, 5.41) is 7.34. The molecule has 0 aliphatic carbocycles. The van der Waals surface area contributed by atoms with E-state index < -0.39 is 0 Å². The van der Waals surface area contributed by atoms with Crippen LogP contribution in [-0.2, 0) is 13.1 Å². The average Bonchev–Trinajstić information content (AvgIpc) is 3.18. The van der Waals surface area contributed by atoms with E-state index in [1.54, 1.807) is 37.8 Å². The molecule has 4 aromatic rings. The lowest BCUT2D eigenvalue weighted by atomic mass is 10.1. The molecule has 0 saturated carbocycles. The number of benzene rings is 1. The Morgan fingerprint density at radius 2 is 2.03 bits per heavy atom. The normalized spacial score (nSPS) is 11.2. The molecule has 9 heteroatoms. The van der Waals surface area contributed by atoms with Gasteiger partial charge in [0, 0.05) is 43.6 Å². The molecule has 0 spiro atoms. The van der Waals surface area contributed by atoms with Crippen LogP contribution < -0.4 is 16.4 Å². The average molecular weight is 503 g/mol. The minimum absolute atomic E-state index is 0.271. The molecular formula is C27H27ClN6O2. The molecule has 1 amide bonds. The van der Waals surface area contributed by atoms with Crippen molar-refractivity contribution >= 4 is 46.6 Å². The summed E-state index contributed by atoms with van der Waals surface area (Å²) in [6.07, 6.45) is 7.53. The first-order valence-electron chi connectivity index (χ1n) is 11.4. The van der Waals surface area contributed by atoms with Crippen molar-refractivity contribution < 1.29 is 9.59 Å². The van der Waals surface area contributed by atoms with Crippen molar-refractivity contribution in [2.45, 2.75) is 26.9 Å². The van der Waals surface area contributed by atoms with E-state index in [1.807, 2.05) is 42.7 Å². The van der Waals surface area contributed by atoms with Crippen LogP contribution in [0.15, 0.2) is 48.9 Å². The van der Waals surface area contributed by atoms with Crippen molar-refractivity contribution in [3.05, 3.63) is 93.2 Å². The van der Waals surface area contributed by atoms with Crippen LogP contribution in [0.1, 0.15) is 48.8 Å². The molecule has 0 bridgehead atoms. The number of amides is 1. The third kappa shape index (κ3) is 5.23. The van der Waals surface area contributed by atoms with E-state index in [1.165, 1.54) is 0 Å². The molecule has 0 saturated heterocycles. The number of aryl methyl sites for hydroxylation is 2. The third-order valence-corrected chi connectivity index (χ3v) is 6.20. The number of aromatic nitrogens is 3. The molecule has 0 aliphatic heterocycles. The summed E-state index contributed by atoms with van der Waals surface area (Å²) in [5.41, 5.74) is 11.4. The highest BCUT2D eigenvalue weighted by Crippen LogP contribution is 2.23. The van der Waals surface area contributed by atoms with E-state index in [-0.39, 0.29) is 12.5 Å². The molecule has 3 aromatic heterocycles. The number of pyridine rings is 2. The topological polar surface area (TPSA) is 115 Å². The molecule has 0 fully saturated rings. The maximum absolute atomic E-state index is 13.2. The molecule has 184 valence electrons. The van der Waals surface area contributed by atoms with E-state index in [0.717, 1.165) is 33.3 Å². The number of carbonyl (C=O) groups excluding carboxylic acids is 2. The number of carbonyl (C=O) groups is 2. The van der Waals surface area contributed by atoms with Crippen LogP contribution in [0.3, 0.4) is 0 Å². The molecule has 0 atom stereocenters. The summed E-state index contributed by atoms with van der Waals surface area (Å²) in [6.45, 7) is 4.49. The fraction of sp³-hybridized carbons (Fsp3) is 0.185. The van der Waals surface area contributed by atoms with Gasteiger partial charge in [-0.2, -0.15) is 0 Å². The second-order valence-electron chi connectivity index (χ2n) is 8.50. The molecule has 4 N–H and O–H groups in total. The molecule has 1 aromatic carbocycles. The second kappa shape index (κ2) is 10.6. The molecule has 36 heavy (non-hydrogen) atoms. The monoisotopic (exact) mass is 502 g/mol. The second-order valence-corrected chi connectivity index (χ2v) is 8.94. The lowest BCUT2D eigenvalue weighted by Gasteiger charge is -2.11. The summed E-state index contributed by atoms with van der Waals surface area (Å²) in [6, 6.07) is 9.52. The third-order valence-electron chi connectivity index (χ3n) is 6.00. The van der Waals surface area contributed by atoms with Gasteiger partial charge in [0.05, 0.1) is 27.4 Å². The summed E-state index contributed by atoms with van der Waals surface area (Å²) in [7, 11) is 1.77. The van der Waals surface area contributed by atoms with Crippen LogP contribution in [-0.4, -0.2) is 33.8 Å². The van der Waals surface area contributed by atoms with Crippen molar-refractivity contribution in [2.24, 2.45) is 0 Å². The Morgan fingerprint density at radius 1 is 1.22 bits per heavy atom. The Kier molecular flexibility index (Phi) is 7.36. The number of rotatable bonds is 8. The molecule has 3 heterocycles. The number of hydrogen-bond donors (Lipinski definition) is 3. The van der Waals surface area contributed by atoms with Crippen molar-refractivity contribution in [2.75, 3.05) is 12.8 Å². The zero-order valence-electron chi connectivity index (χ0n) is 20.3. The first kappa shape index (κ1) is 24.9. The van der Waals surface area contributed by atoms with Gasteiger partial charge >= 0.3 is 0 Å². The number of nitrogens with one attached hydrogen (secondary N) is 2. The Balaban J connectivity index is 1.66. The molecular weight excluding hydrogens is 476 g/mol. The van der Waals surface area contributed by atoms with Crippen LogP contribution >= 0.6 is 11.6 Å². The van der Waals surface area contributed by atoms with Gasteiger partial charge in [0.2, 0.25) is 0 Å². The van der Waals surface area contributed by atoms with Gasteiger partial charge in [-0.15, -0.1) is 0 Å². The minimum atomic E-state index is -0.347. The smallest absolute Gasteiger partial charge is 0.253 e. The van der Waals surface area contributed by atoms with E-state index >= 15 is 0 Å². The van der Waals surface area contributed by atoms with E-state index in [4.69, 9.17) is 17.3 Å². The van der Waals surface area contributed by atoms with Gasteiger partial charge in [0.1, 0.15) is 5.82 Å². The first-order chi connectivity index (χ1) is 17.3. The zero-order chi connectivity index (χ0) is 25.8. The Bertz CT molecular complexity index is 1470. The zero-order valence-corrected chi connectivity index (χ0v) is 21.1. The summed E-state index contributed by atoms with van der Waals surface area (Å²) in [4.78, 5) is 33.9. The van der Waals surface area contributed by atoms with Crippen LogP contribution in [0.5, 0.6) is 0 Å². The van der Waals surface area contributed by atoms with Crippen LogP contribution in [0.25, 0.3) is 17.0 Å². The summed E-state index contributed by atoms with van der Waals surface area (Å²) < 4.78 is 1.88. The predicted octanol–water partition coefficient (Wildman–Crippen LogP) is 4.26. The maximum atomic E-state index is 13.2. The standard InChI is InChI=1S/C27H27ClN6O2/c1-16-8-26(29)33-17(2)21(16)12-32-27(36)22-14-34(25(6-7-30-3)23(22)15-35)13-18-4-5-24-19(9-18)10-20(28)11-31-24/h4-11,14-15,30H,12-13H2,1-3H3,(H2,29,33)(H,32,36)/b7-6-. The number of nitrogens with zero attached hydrogens (tertiary/aromatic N) is 3. The van der Waals surface area contributed by atoms with E-state index in [2.05, 4.69) is 20.6 Å². The number of fused-ring (bicyclic) bond motifs is 1. The Hall–Kier alpha value is -4.17. The fourth-order valence-electron chi connectivity index (χ4n) is 4.24. The van der Waals surface area contributed by atoms with Crippen LogP contribution in [0.4, 0.5) is 5.82 Å². The highest BCUT2D eigenvalue weighted by atomic mass is 35.5. The van der Waals surface area contributed by atoms with Crippen molar-refractivity contribution in [1.82, 2.24) is 25.2 Å². The molecule has 0 unspecified atom stereocenters. The van der Waals surface area contributed by atoms with Gasteiger partial charge in [-0.25, -0.2) is 4.98 Å². The van der Waals surface area contributed by atoms with Crippen molar-refractivity contribution in [1.29, 1.82) is 0 Å².